The largest absolute Gasteiger partial charge is 0.497 e. The van der Waals surface area contributed by atoms with E-state index in [-0.39, 0.29) is 22.6 Å². The molecule has 0 bridgehead atoms. The molecule has 2 N–H and O–H groups in total. The van der Waals surface area contributed by atoms with E-state index in [0.717, 1.165) is 0 Å². The summed E-state index contributed by atoms with van der Waals surface area (Å²) in [5, 5.41) is 21.8. The van der Waals surface area contributed by atoms with E-state index in [1.165, 1.54) is 45.6 Å². The summed E-state index contributed by atoms with van der Waals surface area (Å²) in [5.41, 5.74) is -1.86. The zero-order valence-corrected chi connectivity index (χ0v) is 14.9. The van der Waals surface area contributed by atoms with E-state index in [1.807, 2.05) is 0 Å². The van der Waals surface area contributed by atoms with Crippen LogP contribution in [0.1, 0.15) is 15.9 Å². The average molecular weight is 374 g/mol. The fourth-order valence-corrected chi connectivity index (χ4v) is 3.46. The van der Waals surface area contributed by atoms with Crippen LogP contribution in [0.4, 0.5) is 0 Å². The monoisotopic (exact) mass is 374 g/mol. The normalized spacial score (nSPS) is 25.3. The fourth-order valence-electron chi connectivity index (χ4n) is 3.46. The Labute approximate surface area is 154 Å². The third kappa shape index (κ3) is 2.34. The number of fused-ring (bicyclic) bond motifs is 4. The van der Waals surface area contributed by atoms with Crippen molar-refractivity contribution in [3.63, 3.8) is 0 Å². The van der Waals surface area contributed by atoms with Crippen molar-refractivity contribution in [3.8, 4) is 28.7 Å². The Kier molecular flexibility index (Phi) is 3.90. The second-order valence-corrected chi connectivity index (χ2v) is 6.21. The van der Waals surface area contributed by atoms with Gasteiger partial charge in [0.25, 0.3) is 0 Å². The van der Waals surface area contributed by atoms with Crippen LogP contribution in [0.3, 0.4) is 0 Å². The number of ketones is 1. The molecule has 0 aliphatic carbocycles. The summed E-state index contributed by atoms with van der Waals surface area (Å²) in [6, 6.07) is 7.51. The molecule has 0 amide bonds. The smallest absolute Gasteiger partial charge is 0.238 e. The zero-order chi connectivity index (χ0) is 19.3. The van der Waals surface area contributed by atoms with Crippen LogP contribution in [0.15, 0.2) is 30.3 Å². The SMILES string of the molecule is COc1ccc2c(c1)O[C@@H]1C(O)Oc3cc(OC)c(OC)cc3[C@]1(O)C2=O. The summed E-state index contributed by atoms with van der Waals surface area (Å²) >= 11 is 0. The number of methoxy groups -OCH3 is 3. The summed E-state index contributed by atoms with van der Waals surface area (Å²) < 4.78 is 26.9. The van der Waals surface area contributed by atoms with Crippen LogP contribution < -0.4 is 23.7 Å². The molecule has 0 fully saturated rings. The Bertz CT molecular complexity index is 924. The van der Waals surface area contributed by atoms with Crippen LogP contribution in [-0.4, -0.2) is 49.7 Å². The van der Waals surface area contributed by atoms with Crippen LogP contribution in [0.25, 0.3) is 0 Å². The third-order valence-electron chi connectivity index (χ3n) is 4.85. The molecule has 8 heteroatoms. The predicted molar refractivity (Wildman–Crippen MR) is 91.8 cm³/mol. The highest BCUT2D eigenvalue weighted by molar-refractivity contribution is 6.07. The number of aliphatic hydroxyl groups excluding tert-OH is 1. The van der Waals surface area contributed by atoms with Crippen LogP contribution >= 0.6 is 0 Å². The highest BCUT2D eigenvalue weighted by Crippen LogP contribution is 2.50. The number of ether oxygens (including phenoxy) is 5. The van der Waals surface area contributed by atoms with Gasteiger partial charge < -0.3 is 33.9 Å². The lowest BCUT2D eigenvalue weighted by molar-refractivity contribution is -0.179. The molecule has 2 aromatic carbocycles. The van der Waals surface area contributed by atoms with E-state index in [4.69, 9.17) is 23.7 Å². The number of aliphatic hydroxyl groups is 2. The van der Waals surface area contributed by atoms with Gasteiger partial charge in [0, 0.05) is 17.7 Å². The van der Waals surface area contributed by atoms with E-state index in [9.17, 15) is 15.0 Å². The fraction of sp³-hybridized carbons (Fsp3) is 0.316. The van der Waals surface area contributed by atoms with Gasteiger partial charge in [-0.15, -0.1) is 0 Å². The van der Waals surface area contributed by atoms with Crippen molar-refractivity contribution < 1.29 is 38.7 Å². The molecule has 142 valence electrons. The van der Waals surface area contributed by atoms with E-state index in [2.05, 4.69) is 0 Å². The molecule has 2 aliphatic heterocycles. The molecule has 2 aliphatic rings. The van der Waals surface area contributed by atoms with Gasteiger partial charge in [0.1, 0.15) is 17.2 Å². The van der Waals surface area contributed by atoms with Gasteiger partial charge >= 0.3 is 0 Å². The van der Waals surface area contributed by atoms with Gasteiger partial charge in [0.2, 0.25) is 18.2 Å². The Morgan fingerprint density at radius 1 is 0.963 bits per heavy atom. The molecule has 0 aromatic heterocycles. The van der Waals surface area contributed by atoms with Crippen LogP contribution in [0, 0.1) is 0 Å². The van der Waals surface area contributed by atoms with Crippen LogP contribution in [0.2, 0.25) is 0 Å². The Hall–Kier alpha value is -2.97. The van der Waals surface area contributed by atoms with E-state index >= 15 is 0 Å². The molecule has 0 saturated heterocycles. The molecular weight excluding hydrogens is 356 g/mol. The van der Waals surface area contributed by atoms with E-state index in [0.29, 0.717) is 17.2 Å². The number of carbonyl (C=O) groups excluding carboxylic acids is 1. The molecule has 8 nitrogen and oxygen atoms in total. The maximum Gasteiger partial charge on any atom is 0.238 e. The van der Waals surface area contributed by atoms with Gasteiger partial charge in [-0.05, 0) is 18.2 Å². The van der Waals surface area contributed by atoms with Gasteiger partial charge in [0.05, 0.1) is 26.9 Å². The molecular formula is C19H18O8. The number of hydrogen-bond donors (Lipinski definition) is 2. The quantitative estimate of drug-likeness (QED) is 0.828. The molecule has 0 radical (unpaired) electrons. The lowest BCUT2D eigenvalue weighted by atomic mass is 9.77. The summed E-state index contributed by atoms with van der Waals surface area (Å²) in [6.07, 6.45) is -2.95. The minimum absolute atomic E-state index is 0.104. The second-order valence-electron chi connectivity index (χ2n) is 6.21. The molecule has 27 heavy (non-hydrogen) atoms. The molecule has 2 heterocycles. The number of hydrogen-bond acceptors (Lipinski definition) is 8. The summed E-state index contributed by atoms with van der Waals surface area (Å²) in [6.45, 7) is 0. The maximum absolute atomic E-state index is 13.2. The molecule has 1 unspecified atom stereocenters. The average Bonchev–Trinajstić information content (AvgIpc) is 2.68. The van der Waals surface area contributed by atoms with Crippen molar-refractivity contribution in [1.82, 2.24) is 0 Å². The molecule has 4 rings (SSSR count). The first kappa shape index (κ1) is 17.4. The molecule has 3 atom stereocenters. The van der Waals surface area contributed by atoms with Crippen LogP contribution in [-0.2, 0) is 5.60 Å². The van der Waals surface area contributed by atoms with Crippen molar-refractivity contribution in [2.75, 3.05) is 21.3 Å². The number of Topliss-reactive ketones (excluding diaryl/α,β-unsaturated/α-hetero) is 1. The number of carbonyl (C=O) groups is 1. The van der Waals surface area contributed by atoms with Crippen molar-refractivity contribution >= 4 is 5.78 Å². The summed E-state index contributed by atoms with van der Waals surface area (Å²) in [4.78, 5) is 13.2. The van der Waals surface area contributed by atoms with Crippen LogP contribution in [0.5, 0.6) is 28.7 Å². The Morgan fingerprint density at radius 3 is 2.33 bits per heavy atom. The molecule has 0 saturated carbocycles. The topological polar surface area (TPSA) is 104 Å². The number of benzene rings is 2. The van der Waals surface area contributed by atoms with Gasteiger partial charge in [-0.3, -0.25) is 4.79 Å². The predicted octanol–water partition coefficient (Wildman–Crippen LogP) is 1.25. The summed E-state index contributed by atoms with van der Waals surface area (Å²) in [5.74, 6) is 0.794. The minimum atomic E-state index is -2.16. The van der Waals surface area contributed by atoms with Gasteiger partial charge in [-0.2, -0.15) is 0 Å². The highest BCUT2D eigenvalue weighted by atomic mass is 16.6. The molecule has 2 aromatic rings. The first-order chi connectivity index (χ1) is 12.9. The summed E-state index contributed by atoms with van der Waals surface area (Å²) in [7, 11) is 4.36. The highest BCUT2D eigenvalue weighted by Gasteiger charge is 2.59. The standard InChI is InChI=1S/C19H18O8/c1-23-9-4-5-10-12(6-9)26-17-18(21)27-13-8-15(25-3)14(24-2)7-11(13)19(17,22)16(10)20/h4-8,17-18,21-22H,1-3H3/t17-,18?,19+/m1/s1. The molecule has 0 spiro atoms. The maximum atomic E-state index is 13.2. The Morgan fingerprint density at radius 2 is 1.67 bits per heavy atom. The van der Waals surface area contributed by atoms with Gasteiger partial charge in [0.15, 0.2) is 17.1 Å². The number of rotatable bonds is 3. The first-order valence-corrected chi connectivity index (χ1v) is 8.17. The Balaban J connectivity index is 1.92. The van der Waals surface area contributed by atoms with Gasteiger partial charge in [-0.1, -0.05) is 0 Å². The zero-order valence-electron chi connectivity index (χ0n) is 14.9. The van der Waals surface area contributed by atoms with E-state index in [1.54, 1.807) is 6.07 Å². The van der Waals surface area contributed by atoms with Gasteiger partial charge in [-0.25, -0.2) is 0 Å². The van der Waals surface area contributed by atoms with Crippen molar-refractivity contribution in [3.05, 3.63) is 41.5 Å². The minimum Gasteiger partial charge on any atom is -0.497 e. The third-order valence-corrected chi connectivity index (χ3v) is 4.85. The lowest BCUT2D eigenvalue weighted by Crippen LogP contribution is -2.61. The lowest BCUT2D eigenvalue weighted by Gasteiger charge is -2.45. The van der Waals surface area contributed by atoms with E-state index < -0.39 is 23.8 Å². The van der Waals surface area contributed by atoms with Crippen molar-refractivity contribution in [2.24, 2.45) is 0 Å². The first-order valence-electron chi connectivity index (χ1n) is 8.17. The second kappa shape index (κ2) is 6.04. The van der Waals surface area contributed by atoms with Crippen molar-refractivity contribution in [1.29, 1.82) is 0 Å². The van der Waals surface area contributed by atoms with Crippen molar-refractivity contribution in [2.45, 2.75) is 18.0 Å².